The van der Waals surface area contributed by atoms with Gasteiger partial charge in [-0.05, 0) is 37.1 Å². The Morgan fingerprint density at radius 3 is 2.79 bits per heavy atom. The molecule has 1 aliphatic rings. The lowest BCUT2D eigenvalue weighted by atomic mass is 9.89. The summed E-state index contributed by atoms with van der Waals surface area (Å²) < 4.78 is 1.59. The maximum atomic E-state index is 12.3. The monoisotopic (exact) mass is 395 g/mol. The molecule has 142 valence electrons. The van der Waals surface area contributed by atoms with Crippen molar-refractivity contribution in [1.82, 2.24) is 9.55 Å². The molecule has 1 fully saturated rings. The van der Waals surface area contributed by atoms with Crippen molar-refractivity contribution >= 4 is 39.6 Å². The van der Waals surface area contributed by atoms with E-state index in [-0.39, 0.29) is 28.4 Å². The molecule has 0 unspecified atom stereocenters. The number of rotatable bonds is 4. The summed E-state index contributed by atoms with van der Waals surface area (Å²) in [6.45, 7) is 0. The van der Waals surface area contributed by atoms with E-state index >= 15 is 0 Å². The van der Waals surface area contributed by atoms with Crippen molar-refractivity contribution in [2.75, 3.05) is 10.6 Å². The van der Waals surface area contributed by atoms with E-state index in [0.717, 1.165) is 22.3 Å². The van der Waals surface area contributed by atoms with Gasteiger partial charge in [-0.3, -0.25) is 4.79 Å². The van der Waals surface area contributed by atoms with Gasteiger partial charge < -0.3 is 20.3 Å². The highest BCUT2D eigenvalue weighted by Gasteiger charge is 2.27. The third-order valence-corrected chi connectivity index (χ3v) is 5.30. The van der Waals surface area contributed by atoms with Crippen molar-refractivity contribution in [3.8, 4) is 6.07 Å². The molecule has 0 bridgehead atoms. The molecular weight excluding hydrogens is 378 g/mol. The first-order valence-electron chi connectivity index (χ1n) is 8.86. The van der Waals surface area contributed by atoms with Gasteiger partial charge in [0.05, 0.1) is 17.3 Å². The fraction of sp³-hybridized carbons (Fsp3) is 0.250. The molecule has 2 heterocycles. The molecule has 4 rings (SSSR count). The van der Waals surface area contributed by atoms with E-state index < -0.39 is 0 Å². The number of anilines is 3. The Kier molecular flexibility index (Phi) is 4.67. The lowest BCUT2D eigenvalue weighted by Crippen LogP contribution is -2.39. The molecule has 0 aliphatic heterocycles. The number of nitrogens with zero attached hydrogens (tertiary/aromatic N) is 3. The smallest absolute Gasteiger partial charge is 0.252 e. The van der Waals surface area contributed by atoms with Crippen LogP contribution in [0.5, 0.6) is 0 Å². The second-order valence-corrected chi connectivity index (χ2v) is 7.27. The van der Waals surface area contributed by atoms with Crippen LogP contribution >= 0.6 is 11.6 Å². The quantitative estimate of drug-likeness (QED) is 0.586. The van der Waals surface area contributed by atoms with Crippen LogP contribution in [0.3, 0.4) is 0 Å². The molecule has 1 aliphatic carbocycles. The normalized spacial score (nSPS) is 18.4. The van der Waals surface area contributed by atoms with Crippen molar-refractivity contribution in [2.24, 2.45) is 7.05 Å². The van der Waals surface area contributed by atoms with E-state index in [0.29, 0.717) is 18.5 Å². The van der Waals surface area contributed by atoms with Gasteiger partial charge in [0, 0.05) is 42.1 Å². The lowest BCUT2D eigenvalue weighted by molar-refractivity contribution is 0.0837. The number of nitriles is 1. The highest BCUT2D eigenvalue weighted by Crippen LogP contribution is 2.31. The largest absolute Gasteiger partial charge is 0.393 e. The van der Waals surface area contributed by atoms with Crippen LogP contribution in [0.2, 0.25) is 5.15 Å². The number of halogens is 1. The van der Waals surface area contributed by atoms with Gasteiger partial charge in [0.1, 0.15) is 16.8 Å². The Morgan fingerprint density at radius 2 is 2.07 bits per heavy atom. The molecule has 0 atom stereocenters. The molecule has 1 saturated carbocycles. The molecule has 2 aromatic heterocycles. The molecule has 0 amide bonds. The molecule has 3 aromatic rings. The summed E-state index contributed by atoms with van der Waals surface area (Å²) in [5.74, 6) is 0. The average molecular weight is 396 g/mol. The van der Waals surface area contributed by atoms with E-state index in [2.05, 4.69) is 21.7 Å². The number of pyridine rings is 2. The van der Waals surface area contributed by atoms with Crippen LogP contribution in [-0.4, -0.2) is 26.8 Å². The molecule has 3 N–H and O–H groups in total. The number of fused-ring (bicyclic) bond motifs is 1. The number of aryl methyl sites for hydroxylation is 1. The van der Waals surface area contributed by atoms with E-state index in [1.807, 2.05) is 18.2 Å². The van der Waals surface area contributed by atoms with Crippen LogP contribution < -0.4 is 16.2 Å². The predicted octanol–water partition coefficient (Wildman–Crippen LogP) is 3.14. The van der Waals surface area contributed by atoms with Crippen LogP contribution in [0, 0.1) is 11.3 Å². The molecule has 7 nitrogen and oxygen atoms in total. The number of nitrogens with one attached hydrogen (secondary N) is 2. The Bertz CT molecular complexity index is 1160. The summed E-state index contributed by atoms with van der Waals surface area (Å²) >= 11 is 6.00. The third-order valence-electron chi connectivity index (χ3n) is 5.01. The summed E-state index contributed by atoms with van der Waals surface area (Å²) in [5.41, 5.74) is 2.99. The van der Waals surface area contributed by atoms with Crippen molar-refractivity contribution in [3.63, 3.8) is 0 Å². The van der Waals surface area contributed by atoms with Crippen LogP contribution in [0.15, 0.2) is 41.3 Å². The molecular formula is C20H18ClN5O2. The third kappa shape index (κ3) is 3.28. The minimum Gasteiger partial charge on any atom is -0.393 e. The van der Waals surface area contributed by atoms with Gasteiger partial charge >= 0.3 is 0 Å². The van der Waals surface area contributed by atoms with E-state index in [4.69, 9.17) is 11.6 Å². The van der Waals surface area contributed by atoms with Gasteiger partial charge in [0.2, 0.25) is 0 Å². The zero-order valence-corrected chi connectivity index (χ0v) is 15.9. The van der Waals surface area contributed by atoms with Crippen molar-refractivity contribution < 1.29 is 5.11 Å². The molecule has 8 heteroatoms. The first-order valence-corrected chi connectivity index (χ1v) is 9.24. The van der Waals surface area contributed by atoms with Gasteiger partial charge in [0.15, 0.2) is 0 Å². The molecule has 1 aromatic carbocycles. The van der Waals surface area contributed by atoms with Crippen molar-refractivity contribution in [3.05, 3.63) is 57.6 Å². The van der Waals surface area contributed by atoms with Gasteiger partial charge in [-0.1, -0.05) is 11.6 Å². The molecule has 28 heavy (non-hydrogen) atoms. The zero-order valence-electron chi connectivity index (χ0n) is 15.1. The summed E-state index contributed by atoms with van der Waals surface area (Å²) in [6, 6.07) is 11.1. The van der Waals surface area contributed by atoms with Gasteiger partial charge in [-0.2, -0.15) is 5.26 Å². The second kappa shape index (κ2) is 7.15. The highest BCUT2D eigenvalue weighted by molar-refractivity contribution is 6.31. The van der Waals surface area contributed by atoms with Crippen LogP contribution in [-0.2, 0) is 7.05 Å². The minimum absolute atomic E-state index is 0.108. The first-order chi connectivity index (χ1) is 13.5. The topological polar surface area (TPSA) is 103 Å². The maximum absolute atomic E-state index is 12.3. The van der Waals surface area contributed by atoms with E-state index in [1.54, 1.807) is 23.7 Å². The fourth-order valence-corrected chi connectivity index (χ4v) is 3.59. The molecule has 0 saturated heterocycles. The summed E-state index contributed by atoms with van der Waals surface area (Å²) in [7, 11) is 1.73. The Labute approximate surface area is 166 Å². The summed E-state index contributed by atoms with van der Waals surface area (Å²) in [4.78, 5) is 16.2. The Hall–Kier alpha value is -3.08. The van der Waals surface area contributed by atoms with Gasteiger partial charge in [-0.15, -0.1) is 0 Å². The standard InChI is InChI=1S/C20H18ClN5O2/c1-26-18-3-2-11(24-16-4-5-23-20(21)15(16)10-22)8-14(18)17(9-19(26)28)25-12-6-13(27)7-12/h2-5,8-9,12-13,25,27H,6-7H2,1H3,(H,23,24)/t12-,13-. The predicted molar refractivity (Wildman–Crippen MR) is 109 cm³/mol. The fourth-order valence-electron chi connectivity index (χ4n) is 3.39. The van der Waals surface area contributed by atoms with E-state index in [9.17, 15) is 15.2 Å². The van der Waals surface area contributed by atoms with Gasteiger partial charge in [-0.25, -0.2) is 4.98 Å². The zero-order chi connectivity index (χ0) is 19.8. The Morgan fingerprint density at radius 1 is 1.29 bits per heavy atom. The minimum atomic E-state index is -0.284. The average Bonchev–Trinajstić information content (AvgIpc) is 2.65. The van der Waals surface area contributed by atoms with Crippen LogP contribution in [0.1, 0.15) is 18.4 Å². The maximum Gasteiger partial charge on any atom is 0.252 e. The number of benzene rings is 1. The second-order valence-electron chi connectivity index (χ2n) is 6.91. The first kappa shape index (κ1) is 18.3. The van der Waals surface area contributed by atoms with Crippen molar-refractivity contribution in [2.45, 2.75) is 25.0 Å². The number of hydrogen-bond acceptors (Lipinski definition) is 6. The molecule has 0 radical (unpaired) electrons. The number of aliphatic hydroxyl groups is 1. The van der Waals surface area contributed by atoms with Crippen molar-refractivity contribution in [1.29, 1.82) is 5.26 Å². The van der Waals surface area contributed by atoms with E-state index in [1.165, 1.54) is 6.20 Å². The summed E-state index contributed by atoms with van der Waals surface area (Å²) in [6.07, 6.45) is 2.57. The SMILES string of the molecule is Cn1c(=O)cc(N[C@H]2C[C@H](O)C2)c2cc(Nc3ccnc(Cl)c3C#N)ccc21. The molecule has 0 spiro atoms. The van der Waals surface area contributed by atoms with Crippen LogP contribution in [0.4, 0.5) is 17.1 Å². The van der Waals surface area contributed by atoms with Crippen LogP contribution in [0.25, 0.3) is 10.9 Å². The number of hydrogen-bond donors (Lipinski definition) is 3. The number of aromatic nitrogens is 2. The van der Waals surface area contributed by atoms with Gasteiger partial charge in [0.25, 0.3) is 5.56 Å². The summed E-state index contributed by atoms with van der Waals surface area (Å²) in [5, 5.41) is 26.4. The lowest BCUT2D eigenvalue weighted by Gasteiger charge is -2.33. The number of aliphatic hydroxyl groups excluding tert-OH is 1. The Balaban J connectivity index is 1.75. The highest BCUT2D eigenvalue weighted by atomic mass is 35.5.